The summed E-state index contributed by atoms with van der Waals surface area (Å²) < 4.78 is 2.79. The Morgan fingerprint density at radius 1 is 1.47 bits per heavy atom. The van der Waals surface area contributed by atoms with E-state index in [0.717, 1.165) is 9.26 Å². The van der Waals surface area contributed by atoms with Crippen molar-refractivity contribution in [2.24, 2.45) is 0 Å². The molecule has 1 atom stereocenters. The summed E-state index contributed by atoms with van der Waals surface area (Å²) in [4.78, 5) is 0. The number of halogens is 2. The molecule has 0 aliphatic rings. The van der Waals surface area contributed by atoms with E-state index in [1.807, 2.05) is 31.2 Å². The first-order valence-corrected chi connectivity index (χ1v) is 5.88. The Morgan fingerprint density at radius 3 is 2.93 bits per heavy atom. The number of nitrogens with zero attached hydrogens (tertiary/aromatic N) is 4. The zero-order valence-electron chi connectivity index (χ0n) is 7.93. The van der Waals surface area contributed by atoms with Gasteiger partial charge in [-0.1, -0.05) is 6.07 Å². The van der Waals surface area contributed by atoms with Gasteiger partial charge in [-0.3, -0.25) is 0 Å². The van der Waals surface area contributed by atoms with Gasteiger partial charge in [0.05, 0.1) is 11.1 Å². The lowest BCUT2D eigenvalue weighted by Crippen LogP contribution is -2.03. The standard InChI is InChI=1S/C9H8ClIN4/c1-6(10)9-12-13-14-15(9)8-4-2-3-7(11)5-8/h2-6H,1H3. The van der Waals surface area contributed by atoms with Gasteiger partial charge in [0.15, 0.2) is 5.82 Å². The Hall–Kier alpha value is -0.690. The van der Waals surface area contributed by atoms with Crippen LogP contribution in [0.15, 0.2) is 24.3 Å². The van der Waals surface area contributed by atoms with Gasteiger partial charge in [-0.25, -0.2) is 0 Å². The zero-order valence-corrected chi connectivity index (χ0v) is 10.8. The maximum absolute atomic E-state index is 5.97. The molecule has 4 nitrogen and oxygen atoms in total. The molecule has 0 saturated carbocycles. The van der Waals surface area contributed by atoms with Crippen molar-refractivity contribution in [1.29, 1.82) is 0 Å². The number of tetrazole rings is 1. The molecule has 0 radical (unpaired) electrons. The van der Waals surface area contributed by atoms with Crippen LogP contribution in [-0.2, 0) is 0 Å². The molecule has 78 valence electrons. The molecular formula is C9H8ClIN4. The molecule has 1 aromatic carbocycles. The topological polar surface area (TPSA) is 43.6 Å². The van der Waals surface area contributed by atoms with Gasteiger partial charge in [-0.05, 0) is 58.1 Å². The van der Waals surface area contributed by atoms with Crippen LogP contribution in [0.5, 0.6) is 0 Å². The molecule has 6 heteroatoms. The smallest absolute Gasteiger partial charge is 0.174 e. The molecule has 1 aromatic heterocycles. The Kier molecular flexibility index (Phi) is 3.20. The second-order valence-corrected chi connectivity index (χ2v) is 4.95. The van der Waals surface area contributed by atoms with Gasteiger partial charge in [0.2, 0.25) is 0 Å². The highest BCUT2D eigenvalue weighted by Crippen LogP contribution is 2.19. The Balaban J connectivity index is 2.49. The lowest BCUT2D eigenvalue weighted by atomic mass is 10.3. The van der Waals surface area contributed by atoms with Crippen molar-refractivity contribution in [3.8, 4) is 5.69 Å². The first-order valence-electron chi connectivity index (χ1n) is 4.37. The van der Waals surface area contributed by atoms with Crippen molar-refractivity contribution in [3.05, 3.63) is 33.7 Å². The van der Waals surface area contributed by atoms with Crippen molar-refractivity contribution < 1.29 is 0 Å². The number of rotatable bonds is 2. The summed E-state index contributed by atoms with van der Waals surface area (Å²) in [6.45, 7) is 1.84. The minimum Gasteiger partial charge on any atom is -0.196 e. The monoisotopic (exact) mass is 334 g/mol. The normalized spacial score (nSPS) is 12.7. The number of alkyl halides is 1. The minimum absolute atomic E-state index is 0.210. The highest BCUT2D eigenvalue weighted by Gasteiger charge is 2.12. The molecule has 0 amide bonds. The van der Waals surface area contributed by atoms with E-state index in [0.29, 0.717) is 5.82 Å². The summed E-state index contributed by atoms with van der Waals surface area (Å²) >= 11 is 8.22. The third-order valence-corrected chi connectivity index (χ3v) is 2.77. The quantitative estimate of drug-likeness (QED) is 0.626. The zero-order chi connectivity index (χ0) is 10.8. The van der Waals surface area contributed by atoms with Crippen molar-refractivity contribution in [3.63, 3.8) is 0 Å². The fourth-order valence-electron chi connectivity index (χ4n) is 1.23. The number of aromatic nitrogens is 4. The van der Waals surface area contributed by atoms with Crippen LogP contribution in [0.1, 0.15) is 18.1 Å². The van der Waals surface area contributed by atoms with E-state index in [2.05, 4.69) is 38.1 Å². The lowest BCUT2D eigenvalue weighted by Gasteiger charge is -2.05. The van der Waals surface area contributed by atoms with Crippen LogP contribution in [0.3, 0.4) is 0 Å². The van der Waals surface area contributed by atoms with E-state index in [1.165, 1.54) is 0 Å². The van der Waals surface area contributed by atoms with Gasteiger partial charge in [-0.15, -0.1) is 16.7 Å². The van der Waals surface area contributed by atoms with Gasteiger partial charge in [0.1, 0.15) is 0 Å². The van der Waals surface area contributed by atoms with Gasteiger partial charge in [-0.2, -0.15) is 4.68 Å². The SMILES string of the molecule is CC(Cl)c1nnnn1-c1cccc(I)c1. The number of benzene rings is 1. The predicted molar refractivity (Wildman–Crippen MR) is 66.1 cm³/mol. The second-order valence-electron chi connectivity index (χ2n) is 3.04. The fraction of sp³-hybridized carbons (Fsp3) is 0.222. The van der Waals surface area contributed by atoms with E-state index in [-0.39, 0.29) is 5.38 Å². The maximum Gasteiger partial charge on any atom is 0.174 e. The van der Waals surface area contributed by atoms with Crippen molar-refractivity contribution in [1.82, 2.24) is 20.2 Å². The summed E-state index contributed by atoms with van der Waals surface area (Å²) in [6.07, 6.45) is 0. The highest BCUT2D eigenvalue weighted by atomic mass is 127. The van der Waals surface area contributed by atoms with E-state index < -0.39 is 0 Å². The van der Waals surface area contributed by atoms with Crippen molar-refractivity contribution >= 4 is 34.2 Å². The van der Waals surface area contributed by atoms with Crippen LogP contribution < -0.4 is 0 Å². The van der Waals surface area contributed by atoms with Crippen LogP contribution in [-0.4, -0.2) is 20.2 Å². The molecule has 0 saturated heterocycles. The molecule has 2 aromatic rings. The van der Waals surface area contributed by atoms with Crippen molar-refractivity contribution in [2.45, 2.75) is 12.3 Å². The summed E-state index contributed by atoms with van der Waals surface area (Å²) in [6, 6.07) is 7.92. The number of hydrogen-bond acceptors (Lipinski definition) is 3. The second kappa shape index (κ2) is 4.44. The first kappa shape index (κ1) is 10.8. The van der Waals surface area contributed by atoms with Gasteiger partial charge in [0.25, 0.3) is 0 Å². The molecule has 0 aliphatic carbocycles. The Bertz CT molecular complexity index is 469. The van der Waals surface area contributed by atoms with Crippen LogP contribution in [0.2, 0.25) is 0 Å². The average molecular weight is 335 g/mol. The third kappa shape index (κ3) is 2.28. The molecule has 2 rings (SSSR count). The average Bonchev–Trinajstić information content (AvgIpc) is 2.65. The van der Waals surface area contributed by atoms with E-state index in [1.54, 1.807) is 4.68 Å². The maximum atomic E-state index is 5.97. The van der Waals surface area contributed by atoms with E-state index in [4.69, 9.17) is 11.6 Å². The van der Waals surface area contributed by atoms with Crippen molar-refractivity contribution in [2.75, 3.05) is 0 Å². The molecule has 1 heterocycles. The minimum atomic E-state index is -0.210. The third-order valence-electron chi connectivity index (χ3n) is 1.90. The Morgan fingerprint density at radius 2 is 2.27 bits per heavy atom. The molecule has 1 unspecified atom stereocenters. The molecule has 15 heavy (non-hydrogen) atoms. The van der Waals surface area contributed by atoms with Gasteiger partial charge in [0, 0.05) is 3.57 Å². The number of hydrogen-bond donors (Lipinski definition) is 0. The molecule has 0 aliphatic heterocycles. The molecular weight excluding hydrogens is 326 g/mol. The van der Waals surface area contributed by atoms with Gasteiger partial charge < -0.3 is 0 Å². The van der Waals surface area contributed by atoms with Crippen LogP contribution in [0, 0.1) is 3.57 Å². The summed E-state index contributed by atoms with van der Waals surface area (Å²) in [5.74, 6) is 0.652. The fourth-order valence-corrected chi connectivity index (χ4v) is 1.90. The summed E-state index contributed by atoms with van der Waals surface area (Å²) in [5.41, 5.74) is 0.925. The summed E-state index contributed by atoms with van der Waals surface area (Å²) in [5, 5.41) is 11.2. The highest BCUT2D eigenvalue weighted by molar-refractivity contribution is 14.1. The molecule has 0 fully saturated rings. The molecule has 0 bridgehead atoms. The lowest BCUT2D eigenvalue weighted by molar-refractivity contribution is 0.760. The van der Waals surface area contributed by atoms with Crippen LogP contribution in [0.25, 0.3) is 5.69 Å². The largest absolute Gasteiger partial charge is 0.196 e. The van der Waals surface area contributed by atoms with E-state index >= 15 is 0 Å². The summed E-state index contributed by atoms with van der Waals surface area (Å²) in [7, 11) is 0. The molecule has 0 N–H and O–H groups in total. The first-order chi connectivity index (χ1) is 7.18. The van der Waals surface area contributed by atoms with Crippen LogP contribution >= 0.6 is 34.2 Å². The Labute approximate surface area is 106 Å². The van der Waals surface area contributed by atoms with E-state index in [9.17, 15) is 0 Å². The van der Waals surface area contributed by atoms with Gasteiger partial charge >= 0.3 is 0 Å². The molecule has 0 spiro atoms. The van der Waals surface area contributed by atoms with Crippen LogP contribution in [0.4, 0.5) is 0 Å². The predicted octanol–water partition coefficient (Wildman–Crippen LogP) is 2.57.